The van der Waals surface area contributed by atoms with Crippen molar-refractivity contribution >= 4 is 34.7 Å². The van der Waals surface area contributed by atoms with Crippen molar-refractivity contribution in [3.63, 3.8) is 0 Å². The van der Waals surface area contributed by atoms with Gasteiger partial charge in [0.25, 0.3) is 11.8 Å². The quantitative estimate of drug-likeness (QED) is 0.278. The van der Waals surface area contributed by atoms with E-state index < -0.39 is 30.2 Å². The molecule has 0 atom stereocenters. The van der Waals surface area contributed by atoms with Crippen LogP contribution >= 0.6 is 11.6 Å². The van der Waals surface area contributed by atoms with Gasteiger partial charge in [-0.15, -0.1) is 0 Å². The average molecular weight is 609 g/mol. The van der Waals surface area contributed by atoms with Crippen molar-refractivity contribution in [2.24, 2.45) is 0 Å². The lowest BCUT2D eigenvalue weighted by Gasteiger charge is -2.29. The number of pyridine rings is 1. The number of amides is 2. The molecular formula is C28H29ClF4N6O3. The Kier molecular flexibility index (Phi) is 9.48. The Bertz CT molecular complexity index is 1560. The Labute approximate surface area is 244 Å². The van der Waals surface area contributed by atoms with Crippen LogP contribution in [0.3, 0.4) is 0 Å². The van der Waals surface area contributed by atoms with Crippen molar-refractivity contribution < 1.29 is 31.9 Å². The highest BCUT2D eigenvalue weighted by Gasteiger charge is 2.32. The number of imidazole rings is 1. The van der Waals surface area contributed by atoms with Crippen LogP contribution in [0, 0.1) is 17.7 Å². The minimum Gasteiger partial charge on any atom is -0.495 e. The molecule has 0 saturated carbocycles. The molecule has 0 spiro atoms. The second kappa shape index (κ2) is 12.9. The van der Waals surface area contributed by atoms with Gasteiger partial charge in [-0.25, -0.2) is 9.37 Å². The molecule has 1 aliphatic heterocycles. The van der Waals surface area contributed by atoms with Crippen molar-refractivity contribution in [1.82, 2.24) is 24.9 Å². The van der Waals surface area contributed by atoms with E-state index in [9.17, 15) is 27.2 Å². The molecule has 3 N–H and O–H groups in total. The number of piperidine rings is 1. The number of halogens is 5. The first-order chi connectivity index (χ1) is 19.9. The molecule has 4 rings (SSSR count). The number of likely N-dealkylation sites (tertiary alicyclic amines) is 1. The SMILES string of the molecule is CNC(=O)c1cc(OC)c(NCC#Cc2cc(C(=O)NC3CCN(C)CC3)c3nc(Cl)c(CC(F)(F)F)n3c2)cc1F. The fourth-order valence-corrected chi connectivity index (χ4v) is 4.86. The van der Waals surface area contributed by atoms with Crippen molar-refractivity contribution in [3.05, 3.63) is 57.8 Å². The van der Waals surface area contributed by atoms with Crippen molar-refractivity contribution in [2.75, 3.05) is 46.2 Å². The highest BCUT2D eigenvalue weighted by molar-refractivity contribution is 6.30. The molecule has 224 valence electrons. The Morgan fingerprint density at radius 1 is 1.17 bits per heavy atom. The van der Waals surface area contributed by atoms with E-state index in [0.29, 0.717) is 0 Å². The Balaban J connectivity index is 1.64. The van der Waals surface area contributed by atoms with Crippen LogP contribution in [0.25, 0.3) is 5.65 Å². The van der Waals surface area contributed by atoms with E-state index in [4.69, 9.17) is 16.3 Å². The average Bonchev–Trinajstić information content (AvgIpc) is 3.24. The Hall–Kier alpha value is -4.02. The molecule has 2 amide bonds. The van der Waals surface area contributed by atoms with Gasteiger partial charge in [-0.3, -0.25) is 9.59 Å². The maximum Gasteiger partial charge on any atom is 0.394 e. The van der Waals surface area contributed by atoms with Gasteiger partial charge >= 0.3 is 6.18 Å². The van der Waals surface area contributed by atoms with E-state index in [0.717, 1.165) is 36.4 Å². The zero-order valence-corrected chi connectivity index (χ0v) is 23.8. The summed E-state index contributed by atoms with van der Waals surface area (Å²) in [7, 11) is 4.72. The van der Waals surface area contributed by atoms with Crippen LogP contribution in [-0.4, -0.2) is 79.2 Å². The van der Waals surface area contributed by atoms with Gasteiger partial charge in [-0.05, 0) is 45.1 Å². The highest BCUT2D eigenvalue weighted by Crippen LogP contribution is 2.29. The molecule has 9 nitrogen and oxygen atoms in total. The summed E-state index contributed by atoms with van der Waals surface area (Å²) in [5, 5.41) is 7.83. The van der Waals surface area contributed by atoms with Gasteiger partial charge in [0.05, 0.1) is 42.6 Å². The topological polar surface area (TPSA) is 100 Å². The smallest absolute Gasteiger partial charge is 0.394 e. The fraction of sp³-hybridized carbons (Fsp3) is 0.393. The van der Waals surface area contributed by atoms with Crippen LogP contribution in [0.2, 0.25) is 5.15 Å². The molecule has 0 radical (unpaired) electrons. The Morgan fingerprint density at radius 2 is 1.88 bits per heavy atom. The van der Waals surface area contributed by atoms with Crippen molar-refractivity contribution in [2.45, 2.75) is 31.5 Å². The van der Waals surface area contributed by atoms with Crippen molar-refractivity contribution in [1.29, 1.82) is 0 Å². The lowest BCUT2D eigenvalue weighted by molar-refractivity contribution is -0.127. The number of aromatic nitrogens is 2. The normalized spacial score (nSPS) is 14.3. The number of anilines is 1. The van der Waals surface area contributed by atoms with Gasteiger partial charge in [-0.1, -0.05) is 23.4 Å². The second-order valence-electron chi connectivity index (χ2n) is 9.80. The summed E-state index contributed by atoms with van der Waals surface area (Å²) in [5.74, 6) is 3.97. The highest BCUT2D eigenvalue weighted by atomic mass is 35.5. The minimum absolute atomic E-state index is 0.00947. The van der Waals surface area contributed by atoms with Crippen LogP contribution in [0.5, 0.6) is 5.75 Å². The first kappa shape index (κ1) is 30.9. The second-order valence-corrected chi connectivity index (χ2v) is 10.2. The van der Waals surface area contributed by atoms with Crippen LogP contribution in [0.1, 0.15) is 44.8 Å². The minimum atomic E-state index is -4.57. The summed E-state index contributed by atoms with van der Waals surface area (Å²) >= 11 is 6.10. The predicted octanol–water partition coefficient (Wildman–Crippen LogP) is 3.89. The van der Waals surface area contributed by atoms with E-state index in [1.165, 1.54) is 32.5 Å². The van der Waals surface area contributed by atoms with Gasteiger partial charge in [0.2, 0.25) is 0 Å². The standard InChI is InChI=1S/C28H29ClF4N6O3/c1-34-26(40)18-12-23(42-3)21(13-20(18)30)35-8-4-5-16-11-19(27(41)36-17-6-9-38(2)10-7-17)25-37-24(29)22(39(25)15-16)14-28(31,32)33/h11-13,15,17,35H,6-10,14H2,1-3H3,(H,34,40)(H,36,41). The summed E-state index contributed by atoms with van der Waals surface area (Å²) in [5.41, 5.74) is -0.00473. The maximum absolute atomic E-state index is 14.5. The molecule has 3 heterocycles. The summed E-state index contributed by atoms with van der Waals surface area (Å²) < 4.78 is 60.9. The van der Waals surface area contributed by atoms with E-state index in [1.54, 1.807) is 0 Å². The molecule has 0 unspecified atom stereocenters. The first-order valence-electron chi connectivity index (χ1n) is 13.0. The zero-order chi connectivity index (χ0) is 30.6. The first-order valence-corrected chi connectivity index (χ1v) is 13.4. The van der Waals surface area contributed by atoms with E-state index in [1.807, 2.05) is 7.05 Å². The number of carbonyl (C=O) groups is 2. The summed E-state index contributed by atoms with van der Waals surface area (Å²) in [4.78, 5) is 31.4. The van der Waals surface area contributed by atoms with Crippen LogP contribution in [-0.2, 0) is 6.42 Å². The van der Waals surface area contributed by atoms with Gasteiger partial charge in [0, 0.05) is 30.9 Å². The molecular weight excluding hydrogens is 580 g/mol. The molecule has 42 heavy (non-hydrogen) atoms. The number of hydrogen-bond donors (Lipinski definition) is 3. The maximum atomic E-state index is 14.5. The number of rotatable bonds is 7. The van der Waals surface area contributed by atoms with Gasteiger partial charge in [0.1, 0.15) is 11.6 Å². The third-order valence-corrected chi connectivity index (χ3v) is 7.10. The number of alkyl halides is 3. The van der Waals surface area contributed by atoms with E-state index in [2.05, 4.69) is 37.7 Å². The zero-order valence-electron chi connectivity index (χ0n) is 23.1. The monoisotopic (exact) mass is 608 g/mol. The molecule has 14 heteroatoms. The largest absolute Gasteiger partial charge is 0.495 e. The van der Waals surface area contributed by atoms with E-state index >= 15 is 0 Å². The molecule has 1 aliphatic rings. The molecule has 0 aliphatic carbocycles. The van der Waals surface area contributed by atoms with Gasteiger partial charge in [-0.2, -0.15) is 13.2 Å². The fourth-order valence-electron chi connectivity index (χ4n) is 4.62. The summed E-state index contributed by atoms with van der Waals surface area (Å²) in [6.07, 6.45) is -3.12. The van der Waals surface area contributed by atoms with Crippen molar-refractivity contribution in [3.8, 4) is 17.6 Å². The predicted molar refractivity (Wildman–Crippen MR) is 150 cm³/mol. The Morgan fingerprint density at radius 3 is 2.52 bits per heavy atom. The number of carbonyl (C=O) groups excluding carboxylic acids is 2. The lowest BCUT2D eigenvalue weighted by atomic mass is 10.0. The number of ether oxygens (including phenoxy) is 1. The molecule has 1 fully saturated rings. The number of methoxy groups -OCH3 is 1. The third kappa shape index (κ3) is 7.24. The molecule has 3 aromatic rings. The molecule has 1 saturated heterocycles. The number of benzene rings is 1. The number of fused-ring (bicyclic) bond motifs is 1. The van der Waals surface area contributed by atoms with Gasteiger partial charge < -0.3 is 30.0 Å². The van der Waals surface area contributed by atoms with Crippen LogP contribution < -0.4 is 20.7 Å². The third-order valence-electron chi connectivity index (χ3n) is 6.80. The molecule has 0 bridgehead atoms. The molecule has 2 aromatic heterocycles. The summed E-state index contributed by atoms with van der Waals surface area (Å²) in [6, 6.07) is 3.70. The van der Waals surface area contributed by atoms with E-state index in [-0.39, 0.29) is 57.2 Å². The van der Waals surface area contributed by atoms with Crippen LogP contribution in [0.4, 0.5) is 23.2 Å². The number of nitrogens with one attached hydrogen (secondary N) is 3. The van der Waals surface area contributed by atoms with Gasteiger partial charge in [0.15, 0.2) is 10.8 Å². The lowest BCUT2D eigenvalue weighted by Crippen LogP contribution is -2.43. The number of nitrogens with zero attached hydrogens (tertiary/aromatic N) is 3. The number of hydrogen-bond acceptors (Lipinski definition) is 6. The summed E-state index contributed by atoms with van der Waals surface area (Å²) in [6.45, 7) is 1.57. The molecule has 1 aromatic carbocycles. The van der Waals surface area contributed by atoms with Crippen LogP contribution in [0.15, 0.2) is 24.4 Å².